The van der Waals surface area contributed by atoms with Gasteiger partial charge in [-0.2, -0.15) is 18.3 Å². The maximum Gasteiger partial charge on any atom is 0.417 e. The Bertz CT molecular complexity index is 1000. The lowest BCUT2D eigenvalue weighted by atomic mass is 10.1. The molecule has 0 spiro atoms. The van der Waals surface area contributed by atoms with E-state index in [0.29, 0.717) is 6.61 Å². The van der Waals surface area contributed by atoms with Gasteiger partial charge in [-0.3, -0.25) is 4.79 Å². The number of halogens is 3. The normalized spacial score (nSPS) is 21.0. The number of benzene rings is 1. The Morgan fingerprint density at radius 3 is 2.41 bits per heavy atom. The number of ether oxygens (including phenoxy) is 1. The summed E-state index contributed by atoms with van der Waals surface area (Å²) in [6.45, 7) is 2.07. The summed E-state index contributed by atoms with van der Waals surface area (Å²) in [7, 11) is 0. The molecule has 1 aliphatic carbocycles. The van der Waals surface area contributed by atoms with E-state index in [1.807, 2.05) is 30.3 Å². The largest absolute Gasteiger partial charge is 0.466 e. The Morgan fingerprint density at radius 1 is 1.07 bits per heavy atom. The van der Waals surface area contributed by atoms with Crippen LogP contribution < -0.4 is 0 Å². The molecule has 4 rings (SSSR count). The minimum Gasteiger partial charge on any atom is -0.466 e. The number of alkyl halides is 3. The third-order valence-electron chi connectivity index (χ3n) is 5.06. The van der Waals surface area contributed by atoms with Crippen molar-refractivity contribution >= 4 is 5.97 Å². The van der Waals surface area contributed by atoms with Gasteiger partial charge in [-0.05, 0) is 30.2 Å². The lowest BCUT2D eigenvalue weighted by Gasteiger charge is -2.06. The van der Waals surface area contributed by atoms with E-state index in [4.69, 9.17) is 4.74 Å². The second-order valence-corrected chi connectivity index (χ2v) is 6.86. The predicted octanol–water partition coefficient (Wildman–Crippen LogP) is 4.35. The van der Waals surface area contributed by atoms with Crippen LogP contribution in [-0.2, 0) is 15.7 Å². The molecule has 1 aromatic carbocycles. The van der Waals surface area contributed by atoms with Gasteiger partial charge < -0.3 is 4.74 Å². The number of carbonyl (C=O) groups is 1. The van der Waals surface area contributed by atoms with Crippen LogP contribution in [0.3, 0.4) is 0 Å². The first-order valence-corrected chi connectivity index (χ1v) is 9.20. The van der Waals surface area contributed by atoms with Crippen molar-refractivity contribution in [1.82, 2.24) is 14.8 Å². The van der Waals surface area contributed by atoms with Crippen molar-refractivity contribution in [3.8, 4) is 5.82 Å². The molecule has 0 aliphatic heterocycles. The van der Waals surface area contributed by atoms with Crippen LogP contribution >= 0.6 is 0 Å². The van der Waals surface area contributed by atoms with E-state index in [1.54, 1.807) is 19.3 Å². The van der Waals surface area contributed by atoms with Crippen LogP contribution in [0.5, 0.6) is 0 Å². The van der Waals surface area contributed by atoms with Gasteiger partial charge in [-0.1, -0.05) is 30.3 Å². The van der Waals surface area contributed by atoms with Gasteiger partial charge in [-0.25, -0.2) is 9.67 Å². The Kier molecular flexibility index (Phi) is 4.86. The average Bonchev–Trinajstić information content (AvgIpc) is 3.27. The van der Waals surface area contributed by atoms with Gasteiger partial charge in [0.2, 0.25) is 0 Å². The fourth-order valence-corrected chi connectivity index (χ4v) is 3.67. The van der Waals surface area contributed by atoms with Gasteiger partial charge in [0.25, 0.3) is 0 Å². The zero-order chi connectivity index (χ0) is 20.6. The molecule has 3 atom stereocenters. The molecule has 5 nitrogen and oxygen atoms in total. The highest BCUT2D eigenvalue weighted by Gasteiger charge is 2.57. The maximum atomic E-state index is 12.7. The van der Waals surface area contributed by atoms with Gasteiger partial charge in [0, 0.05) is 24.2 Å². The van der Waals surface area contributed by atoms with Crippen LogP contribution in [0.1, 0.15) is 35.4 Å². The molecular formula is C21H18F3N3O2. The summed E-state index contributed by atoms with van der Waals surface area (Å²) in [5, 5.41) is 4.23. The molecule has 1 saturated carbocycles. The summed E-state index contributed by atoms with van der Waals surface area (Å²) in [4.78, 5) is 16.3. The van der Waals surface area contributed by atoms with Crippen molar-refractivity contribution in [2.24, 2.45) is 5.92 Å². The van der Waals surface area contributed by atoms with E-state index < -0.39 is 11.7 Å². The lowest BCUT2D eigenvalue weighted by Crippen LogP contribution is -2.08. The van der Waals surface area contributed by atoms with Gasteiger partial charge >= 0.3 is 12.1 Å². The second kappa shape index (κ2) is 7.35. The molecule has 0 radical (unpaired) electrons. The molecule has 0 bridgehead atoms. The fourth-order valence-electron chi connectivity index (χ4n) is 3.67. The molecule has 0 saturated heterocycles. The van der Waals surface area contributed by atoms with Gasteiger partial charge in [0.1, 0.15) is 0 Å². The molecule has 1 fully saturated rings. The third kappa shape index (κ3) is 3.74. The number of hydrogen-bond acceptors (Lipinski definition) is 4. The second-order valence-electron chi connectivity index (χ2n) is 6.86. The van der Waals surface area contributed by atoms with Crippen LogP contribution in [0.2, 0.25) is 0 Å². The molecular weight excluding hydrogens is 383 g/mol. The van der Waals surface area contributed by atoms with E-state index in [1.165, 1.54) is 10.7 Å². The Hall–Kier alpha value is -3.16. The van der Waals surface area contributed by atoms with Gasteiger partial charge in [0.05, 0.1) is 24.3 Å². The fraction of sp³-hybridized carbons (Fsp3) is 0.286. The first-order chi connectivity index (χ1) is 13.9. The van der Waals surface area contributed by atoms with E-state index in [-0.39, 0.29) is 29.5 Å². The molecule has 2 heterocycles. The first-order valence-electron chi connectivity index (χ1n) is 9.20. The minimum absolute atomic E-state index is 0.0199. The zero-order valence-electron chi connectivity index (χ0n) is 15.5. The maximum absolute atomic E-state index is 12.7. The highest BCUT2D eigenvalue weighted by molar-refractivity contribution is 5.80. The molecule has 8 heteroatoms. The summed E-state index contributed by atoms with van der Waals surface area (Å²) >= 11 is 0. The van der Waals surface area contributed by atoms with Crippen LogP contribution in [-0.4, -0.2) is 27.3 Å². The molecule has 0 unspecified atom stereocenters. The highest BCUT2D eigenvalue weighted by atomic mass is 19.4. The molecule has 1 aliphatic rings. The Labute approximate surface area is 165 Å². The molecule has 0 N–H and O–H groups in total. The van der Waals surface area contributed by atoms with Gasteiger partial charge in [0.15, 0.2) is 5.82 Å². The van der Waals surface area contributed by atoms with Crippen LogP contribution in [0.25, 0.3) is 5.82 Å². The summed E-state index contributed by atoms with van der Waals surface area (Å²) < 4.78 is 44.8. The Morgan fingerprint density at radius 2 is 1.79 bits per heavy atom. The van der Waals surface area contributed by atoms with Crippen molar-refractivity contribution in [2.45, 2.75) is 24.9 Å². The number of esters is 1. The highest BCUT2D eigenvalue weighted by Crippen LogP contribution is 2.60. The minimum atomic E-state index is -4.44. The molecule has 3 aromatic rings. The summed E-state index contributed by atoms with van der Waals surface area (Å²) in [6.07, 6.45) is -0.332. The average molecular weight is 401 g/mol. The van der Waals surface area contributed by atoms with Crippen molar-refractivity contribution in [2.75, 3.05) is 6.61 Å². The molecule has 2 aromatic heterocycles. The topological polar surface area (TPSA) is 57.0 Å². The SMILES string of the molecule is CCOC(=O)[C@@H]1[C@H](c2ccccc2)[C@H]1c1cnn(-c2ccc(C(F)(F)F)cn2)c1. The van der Waals surface area contributed by atoms with E-state index in [2.05, 4.69) is 10.1 Å². The standard InChI is InChI=1S/C21H18F3N3O2/c1-2-29-20(28)19-17(13-6-4-3-5-7-13)18(19)14-10-26-27(12-14)16-9-8-15(11-25-16)21(22,23)24/h3-12,17-19H,2H2,1H3/t17-,18-,19-/m1/s1. The van der Waals surface area contributed by atoms with Crippen LogP contribution in [0, 0.1) is 5.92 Å². The molecule has 29 heavy (non-hydrogen) atoms. The van der Waals surface area contributed by atoms with Crippen molar-refractivity contribution in [1.29, 1.82) is 0 Å². The van der Waals surface area contributed by atoms with Crippen LogP contribution in [0.4, 0.5) is 13.2 Å². The smallest absolute Gasteiger partial charge is 0.417 e. The zero-order valence-corrected chi connectivity index (χ0v) is 15.5. The van der Waals surface area contributed by atoms with Crippen molar-refractivity contribution < 1.29 is 22.7 Å². The lowest BCUT2D eigenvalue weighted by molar-refractivity contribution is -0.145. The summed E-state index contributed by atoms with van der Waals surface area (Å²) in [5.41, 5.74) is 1.04. The number of aromatic nitrogens is 3. The summed E-state index contributed by atoms with van der Waals surface area (Å²) in [6, 6.07) is 11.9. The monoisotopic (exact) mass is 401 g/mol. The van der Waals surface area contributed by atoms with Crippen molar-refractivity contribution in [3.63, 3.8) is 0 Å². The van der Waals surface area contributed by atoms with E-state index in [9.17, 15) is 18.0 Å². The number of hydrogen-bond donors (Lipinski definition) is 0. The number of carbonyl (C=O) groups excluding carboxylic acids is 1. The van der Waals surface area contributed by atoms with E-state index >= 15 is 0 Å². The van der Waals surface area contributed by atoms with E-state index in [0.717, 1.165) is 23.4 Å². The van der Waals surface area contributed by atoms with Crippen molar-refractivity contribution in [3.05, 3.63) is 77.7 Å². The van der Waals surface area contributed by atoms with Gasteiger partial charge in [-0.15, -0.1) is 0 Å². The first kappa shape index (κ1) is 19.2. The Balaban J connectivity index is 1.60. The predicted molar refractivity (Wildman–Crippen MR) is 98.4 cm³/mol. The molecule has 150 valence electrons. The van der Waals surface area contributed by atoms with Crippen LogP contribution in [0.15, 0.2) is 61.1 Å². The quantitative estimate of drug-likeness (QED) is 0.597. The molecule has 0 amide bonds. The number of pyridine rings is 1. The summed E-state index contributed by atoms with van der Waals surface area (Å²) in [5.74, 6) is -0.413. The number of rotatable bonds is 5. The number of nitrogens with zero attached hydrogens (tertiary/aromatic N) is 3. The third-order valence-corrected chi connectivity index (χ3v) is 5.06.